The average molecular weight is 488 g/mol. The van der Waals surface area contributed by atoms with E-state index in [-0.39, 0.29) is 23.0 Å². The molecule has 2 aromatic rings. The largest absolute Gasteiger partial charge is 0.457 e. The van der Waals surface area contributed by atoms with E-state index < -0.39 is 10.8 Å². The number of non-ortho nitro benzene ring substituents is 1. The Morgan fingerprint density at radius 1 is 1.33 bits per heavy atom. The van der Waals surface area contributed by atoms with Crippen LogP contribution in [0.5, 0.6) is 0 Å². The van der Waals surface area contributed by atoms with Crippen LogP contribution in [0.15, 0.2) is 54.9 Å². The second kappa shape index (κ2) is 7.65. The summed E-state index contributed by atoms with van der Waals surface area (Å²) in [6.07, 6.45) is 1.45. The molecule has 1 aromatic heterocycles. The summed E-state index contributed by atoms with van der Waals surface area (Å²) >= 11 is 4.60. The molecule has 2 aliphatic heterocycles. The van der Waals surface area contributed by atoms with E-state index in [0.29, 0.717) is 26.7 Å². The second-order valence-corrected chi connectivity index (χ2v) is 8.58. The Labute approximate surface area is 183 Å². The first kappa shape index (κ1) is 20.2. The smallest absolute Gasteiger partial charge is 0.283 e. The third-order valence-electron chi connectivity index (χ3n) is 4.31. The van der Waals surface area contributed by atoms with E-state index in [2.05, 4.69) is 26.0 Å². The Hall–Kier alpha value is -3.05. The molecule has 3 heterocycles. The molecule has 0 aliphatic carbocycles. The summed E-state index contributed by atoms with van der Waals surface area (Å²) in [6.45, 7) is 3.96. The SMILES string of the molecule is CC(C)C1=NN2C(=N)/C(=C/c3ccc(-c4ccc([N+](=O)[O-])cc4Br)o3)C(=O)N=C2S1. The zero-order valence-corrected chi connectivity index (χ0v) is 18.2. The van der Waals surface area contributed by atoms with Gasteiger partial charge in [0, 0.05) is 28.1 Å². The number of halogens is 1. The molecule has 9 nitrogen and oxygen atoms in total. The van der Waals surface area contributed by atoms with E-state index in [4.69, 9.17) is 9.83 Å². The molecular formula is C19H14BrN5O4S. The maximum Gasteiger partial charge on any atom is 0.283 e. The van der Waals surface area contributed by atoms with Crippen LogP contribution in [0, 0.1) is 21.4 Å². The number of nitro groups is 1. The lowest BCUT2D eigenvalue weighted by molar-refractivity contribution is -0.384. The zero-order valence-electron chi connectivity index (χ0n) is 15.7. The number of carbonyl (C=O) groups is 1. The minimum atomic E-state index is -0.534. The highest BCUT2D eigenvalue weighted by atomic mass is 79.9. The van der Waals surface area contributed by atoms with Gasteiger partial charge >= 0.3 is 0 Å². The molecule has 0 radical (unpaired) electrons. The molecule has 1 amide bonds. The molecular weight excluding hydrogens is 474 g/mol. The number of rotatable bonds is 4. The van der Waals surface area contributed by atoms with E-state index in [0.717, 1.165) is 5.04 Å². The minimum absolute atomic E-state index is 0.0424. The van der Waals surface area contributed by atoms with Crippen LogP contribution < -0.4 is 0 Å². The van der Waals surface area contributed by atoms with E-state index in [1.807, 2.05) is 13.8 Å². The van der Waals surface area contributed by atoms with Gasteiger partial charge in [-0.15, -0.1) is 0 Å². The van der Waals surface area contributed by atoms with E-state index in [9.17, 15) is 14.9 Å². The number of carbonyl (C=O) groups excluding carboxylic acids is 1. The number of nitrogens with zero attached hydrogens (tertiary/aromatic N) is 4. The van der Waals surface area contributed by atoms with Crippen molar-refractivity contribution in [3.05, 3.63) is 56.3 Å². The Morgan fingerprint density at radius 2 is 2.10 bits per heavy atom. The molecule has 30 heavy (non-hydrogen) atoms. The number of aliphatic imine (C=N–C) groups is 1. The number of thioether (sulfide) groups is 1. The highest BCUT2D eigenvalue weighted by Gasteiger charge is 2.36. The van der Waals surface area contributed by atoms with Crippen LogP contribution in [0.3, 0.4) is 0 Å². The van der Waals surface area contributed by atoms with Gasteiger partial charge in [0.1, 0.15) is 16.6 Å². The fourth-order valence-corrected chi connectivity index (χ4v) is 4.23. The molecule has 1 N–H and O–H groups in total. The van der Waals surface area contributed by atoms with Gasteiger partial charge in [-0.2, -0.15) is 15.1 Å². The van der Waals surface area contributed by atoms with Crippen LogP contribution >= 0.6 is 27.7 Å². The lowest BCUT2D eigenvalue weighted by Crippen LogP contribution is -2.35. The van der Waals surface area contributed by atoms with Crippen molar-refractivity contribution < 1.29 is 14.1 Å². The van der Waals surface area contributed by atoms with Gasteiger partial charge in [0.15, 0.2) is 5.84 Å². The van der Waals surface area contributed by atoms with Crippen molar-refractivity contribution >= 4 is 61.4 Å². The molecule has 4 rings (SSSR count). The Bertz CT molecular complexity index is 1200. The quantitative estimate of drug-likeness (QED) is 0.371. The van der Waals surface area contributed by atoms with Gasteiger partial charge in [0.2, 0.25) is 5.17 Å². The van der Waals surface area contributed by atoms with Crippen LogP contribution in [0.4, 0.5) is 5.69 Å². The monoisotopic (exact) mass is 487 g/mol. The molecule has 0 bridgehead atoms. The van der Waals surface area contributed by atoms with Crippen molar-refractivity contribution in [3.8, 4) is 11.3 Å². The number of hydrogen-bond donors (Lipinski definition) is 1. The van der Waals surface area contributed by atoms with E-state index in [1.54, 1.807) is 18.2 Å². The average Bonchev–Trinajstić information content (AvgIpc) is 3.32. The summed E-state index contributed by atoms with van der Waals surface area (Å²) in [5.41, 5.74) is 0.647. The second-order valence-electron chi connectivity index (χ2n) is 6.74. The summed E-state index contributed by atoms with van der Waals surface area (Å²) < 4.78 is 6.29. The summed E-state index contributed by atoms with van der Waals surface area (Å²) in [7, 11) is 0. The van der Waals surface area contributed by atoms with Crippen molar-refractivity contribution in [2.24, 2.45) is 16.0 Å². The first-order valence-corrected chi connectivity index (χ1v) is 10.4. The molecule has 11 heteroatoms. The third kappa shape index (κ3) is 3.61. The lowest BCUT2D eigenvalue weighted by Gasteiger charge is -2.19. The number of furan rings is 1. The number of hydrazone groups is 1. The van der Waals surface area contributed by atoms with Gasteiger partial charge in [-0.25, -0.2) is 0 Å². The van der Waals surface area contributed by atoms with Gasteiger partial charge in [0.25, 0.3) is 11.6 Å². The predicted octanol–water partition coefficient (Wildman–Crippen LogP) is 4.89. The number of hydrogen-bond acceptors (Lipinski definition) is 7. The van der Waals surface area contributed by atoms with Crippen molar-refractivity contribution in [2.45, 2.75) is 13.8 Å². The predicted molar refractivity (Wildman–Crippen MR) is 118 cm³/mol. The highest BCUT2D eigenvalue weighted by Crippen LogP contribution is 2.34. The normalized spacial score (nSPS) is 17.5. The number of benzene rings is 1. The van der Waals surface area contributed by atoms with Crippen LogP contribution in [0.1, 0.15) is 19.6 Å². The van der Waals surface area contributed by atoms with Crippen molar-refractivity contribution in [3.63, 3.8) is 0 Å². The van der Waals surface area contributed by atoms with Crippen molar-refractivity contribution in [1.29, 1.82) is 5.41 Å². The van der Waals surface area contributed by atoms with Crippen LogP contribution in [-0.2, 0) is 4.79 Å². The Balaban J connectivity index is 1.64. The molecule has 0 atom stereocenters. The molecule has 0 unspecified atom stereocenters. The molecule has 0 saturated heterocycles. The van der Waals surface area contributed by atoms with Crippen LogP contribution in [-0.4, -0.2) is 31.9 Å². The van der Waals surface area contributed by atoms with Crippen molar-refractivity contribution in [1.82, 2.24) is 5.01 Å². The van der Waals surface area contributed by atoms with Gasteiger partial charge in [-0.05, 0) is 52.0 Å². The number of amides is 1. The standard InChI is InChI=1S/C19H14BrN5O4S/c1-9(2)18-23-24-16(21)13(17(26)22-19(24)30-18)8-11-4-6-15(29-11)12-5-3-10(25(27)28)7-14(12)20/h3-9,21H,1-2H3/b13-8-,21-16?. The van der Waals surface area contributed by atoms with Crippen LogP contribution in [0.25, 0.3) is 17.4 Å². The van der Waals surface area contributed by atoms with Gasteiger partial charge in [0.05, 0.1) is 10.5 Å². The van der Waals surface area contributed by atoms with Crippen molar-refractivity contribution in [2.75, 3.05) is 0 Å². The highest BCUT2D eigenvalue weighted by molar-refractivity contribution is 9.10. The molecule has 1 aromatic carbocycles. The third-order valence-corrected chi connectivity index (χ3v) is 6.17. The lowest BCUT2D eigenvalue weighted by atomic mass is 10.1. The molecule has 0 spiro atoms. The topological polar surface area (TPSA) is 125 Å². The molecule has 0 saturated carbocycles. The number of amidine groups is 2. The van der Waals surface area contributed by atoms with Gasteiger partial charge < -0.3 is 4.42 Å². The Morgan fingerprint density at radius 3 is 2.77 bits per heavy atom. The fraction of sp³-hybridized carbons (Fsp3) is 0.158. The molecule has 0 fully saturated rings. The summed E-state index contributed by atoms with van der Waals surface area (Å²) in [4.78, 5) is 26.9. The minimum Gasteiger partial charge on any atom is -0.457 e. The maximum absolute atomic E-state index is 12.5. The Kier molecular flexibility index (Phi) is 5.16. The van der Waals surface area contributed by atoms with E-state index in [1.165, 1.54) is 35.0 Å². The van der Waals surface area contributed by atoms with E-state index >= 15 is 0 Å². The fourth-order valence-electron chi connectivity index (χ4n) is 2.78. The zero-order chi connectivity index (χ0) is 21.6. The van der Waals surface area contributed by atoms with Crippen LogP contribution in [0.2, 0.25) is 0 Å². The maximum atomic E-state index is 12.5. The molecule has 2 aliphatic rings. The first-order chi connectivity index (χ1) is 14.2. The summed E-state index contributed by atoms with van der Waals surface area (Å²) in [5.74, 6) is 0.365. The molecule has 152 valence electrons. The number of nitro benzene ring substituents is 1. The first-order valence-electron chi connectivity index (χ1n) is 8.79. The summed E-state index contributed by atoms with van der Waals surface area (Å²) in [6, 6.07) is 7.68. The summed E-state index contributed by atoms with van der Waals surface area (Å²) in [5, 5.41) is 26.2. The number of nitrogens with one attached hydrogen (secondary N) is 1. The van der Waals surface area contributed by atoms with Gasteiger partial charge in [-0.1, -0.05) is 13.8 Å². The number of fused-ring (bicyclic) bond motifs is 1. The van der Waals surface area contributed by atoms with Gasteiger partial charge in [-0.3, -0.25) is 20.3 Å².